The highest BCUT2D eigenvalue weighted by molar-refractivity contribution is 6.31. The predicted molar refractivity (Wildman–Crippen MR) is 73.3 cm³/mol. The molecule has 0 aliphatic rings. The van der Waals surface area contributed by atoms with Gasteiger partial charge in [0.15, 0.2) is 0 Å². The fourth-order valence-electron chi connectivity index (χ4n) is 2.23. The van der Waals surface area contributed by atoms with Gasteiger partial charge in [0.1, 0.15) is 0 Å². The van der Waals surface area contributed by atoms with Gasteiger partial charge in [0.05, 0.1) is 23.1 Å². The van der Waals surface area contributed by atoms with Crippen LogP contribution in [0, 0.1) is 19.8 Å². The lowest BCUT2D eigenvalue weighted by atomic mass is 10.1. The zero-order valence-electron chi connectivity index (χ0n) is 10.5. The van der Waals surface area contributed by atoms with E-state index in [0.717, 1.165) is 27.8 Å². The highest BCUT2D eigenvalue weighted by atomic mass is 35.5. The fourth-order valence-corrected chi connectivity index (χ4v) is 2.50. The molecule has 0 bridgehead atoms. The van der Waals surface area contributed by atoms with Crippen LogP contribution in [0.3, 0.4) is 0 Å². The molecular weight excluding hydrogens is 265 g/mol. The van der Waals surface area contributed by atoms with Crippen molar-refractivity contribution >= 4 is 22.5 Å². The molecule has 2 aromatic heterocycles. The lowest BCUT2D eigenvalue weighted by molar-refractivity contribution is 0.582. The minimum atomic E-state index is -0.503. The van der Waals surface area contributed by atoms with E-state index in [1.807, 2.05) is 26.0 Å². The first-order valence-electron chi connectivity index (χ1n) is 5.83. The van der Waals surface area contributed by atoms with Crippen LogP contribution in [-0.4, -0.2) is 14.8 Å². The largest absolute Gasteiger partial charge is 0.231 e. The summed E-state index contributed by atoms with van der Waals surface area (Å²) in [5.41, 5.74) is 3.59. The van der Waals surface area contributed by atoms with E-state index in [0.29, 0.717) is 5.02 Å². The monoisotopic (exact) mass is 275 g/mol. The van der Waals surface area contributed by atoms with Gasteiger partial charge in [0, 0.05) is 10.4 Å². The summed E-state index contributed by atoms with van der Waals surface area (Å²) in [4.78, 5) is 3.67. The Balaban J connectivity index is 2.33. The number of aryl methyl sites for hydroxylation is 2. The first-order valence-corrected chi connectivity index (χ1v) is 6.21. The van der Waals surface area contributed by atoms with Gasteiger partial charge >= 0.3 is 0 Å². The summed E-state index contributed by atoms with van der Waals surface area (Å²) >= 11 is 6.07. The molecule has 96 valence electrons. The van der Waals surface area contributed by atoms with Gasteiger partial charge in [-0.3, -0.25) is 0 Å². The molecule has 1 aromatic carbocycles. The Bertz CT molecular complexity index is 762. The maximum absolute atomic E-state index is 12.9. The van der Waals surface area contributed by atoms with Gasteiger partial charge in [-0.15, -0.1) is 0 Å². The van der Waals surface area contributed by atoms with Gasteiger partial charge in [-0.25, -0.2) is 9.67 Å². The number of hydrogen-bond acceptors (Lipinski definition) is 2. The van der Waals surface area contributed by atoms with Crippen molar-refractivity contribution in [3.8, 4) is 5.69 Å². The molecule has 2 heterocycles. The Kier molecular flexibility index (Phi) is 2.75. The van der Waals surface area contributed by atoms with E-state index in [9.17, 15) is 4.39 Å². The second-order valence-electron chi connectivity index (χ2n) is 4.46. The summed E-state index contributed by atoms with van der Waals surface area (Å²) in [5, 5.41) is 6.17. The van der Waals surface area contributed by atoms with Crippen LogP contribution in [0.2, 0.25) is 5.02 Å². The van der Waals surface area contributed by atoms with Crippen LogP contribution in [0.15, 0.2) is 30.5 Å². The molecule has 5 heteroatoms. The molecule has 0 saturated heterocycles. The second-order valence-corrected chi connectivity index (χ2v) is 4.89. The van der Waals surface area contributed by atoms with Crippen molar-refractivity contribution in [2.75, 3.05) is 0 Å². The Morgan fingerprint density at radius 1 is 1.21 bits per heavy atom. The van der Waals surface area contributed by atoms with Gasteiger partial charge in [0.2, 0.25) is 5.95 Å². The number of hydrogen-bond donors (Lipinski definition) is 0. The number of rotatable bonds is 1. The number of halogens is 2. The number of nitrogens with zero attached hydrogens (tertiary/aromatic N) is 3. The van der Waals surface area contributed by atoms with Crippen molar-refractivity contribution in [1.82, 2.24) is 14.8 Å². The average molecular weight is 276 g/mol. The molecule has 0 radical (unpaired) electrons. The lowest BCUT2D eigenvalue weighted by Crippen LogP contribution is -1.99. The Hall–Kier alpha value is -1.94. The predicted octanol–water partition coefficient (Wildman–Crippen LogP) is 3.83. The molecule has 0 spiro atoms. The SMILES string of the molecule is Cc1nn(-c2ccc(F)nc2)c2c(C)cc(Cl)cc12. The van der Waals surface area contributed by atoms with Gasteiger partial charge in [-0.2, -0.15) is 9.49 Å². The molecule has 0 aliphatic heterocycles. The van der Waals surface area contributed by atoms with Crippen LogP contribution >= 0.6 is 11.6 Å². The highest BCUT2D eigenvalue weighted by Gasteiger charge is 2.12. The Morgan fingerprint density at radius 3 is 2.68 bits per heavy atom. The second kappa shape index (κ2) is 4.31. The van der Waals surface area contributed by atoms with Crippen LogP contribution in [0.25, 0.3) is 16.6 Å². The molecule has 19 heavy (non-hydrogen) atoms. The van der Waals surface area contributed by atoms with Gasteiger partial charge in [0.25, 0.3) is 0 Å². The Labute approximate surface area is 114 Å². The van der Waals surface area contributed by atoms with E-state index in [-0.39, 0.29) is 0 Å². The van der Waals surface area contributed by atoms with E-state index in [2.05, 4.69) is 10.1 Å². The maximum Gasteiger partial charge on any atom is 0.212 e. The molecule has 0 amide bonds. The van der Waals surface area contributed by atoms with Gasteiger partial charge in [-0.1, -0.05) is 11.6 Å². The smallest absolute Gasteiger partial charge is 0.212 e. The molecule has 0 aliphatic carbocycles. The summed E-state index contributed by atoms with van der Waals surface area (Å²) in [6, 6.07) is 6.75. The minimum Gasteiger partial charge on any atom is -0.231 e. The van der Waals surface area contributed by atoms with Crippen molar-refractivity contribution in [3.63, 3.8) is 0 Å². The molecule has 0 N–H and O–H groups in total. The Morgan fingerprint density at radius 2 is 2.00 bits per heavy atom. The van der Waals surface area contributed by atoms with Crippen molar-refractivity contribution < 1.29 is 4.39 Å². The zero-order chi connectivity index (χ0) is 13.6. The summed E-state index contributed by atoms with van der Waals surface area (Å²) in [5.74, 6) is -0.503. The van der Waals surface area contributed by atoms with Crippen molar-refractivity contribution in [2.45, 2.75) is 13.8 Å². The van der Waals surface area contributed by atoms with E-state index < -0.39 is 5.95 Å². The summed E-state index contributed by atoms with van der Waals surface area (Å²) in [6.07, 6.45) is 1.47. The van der Waals surface area contributed by atoms with E-state index >= 15 is 0 Å². The fraction of sp³-hybridized carbons (Fsp3) is 0.143. The molecule has 3 rings (SSSR count). The number of fused-ring (bicyclic) bond motifs is 1. The van der Waals surface area contributed by atoms with E-state index in [1.54, 1.807) is 10.7 Å². The quantitative estimate of drug-likeness (QED) is 0.632. The molecule has 0 saturated carbocycles. The number of pyridine rings is 1. The van der Waals surface area contributed by atoms with E-state index in [4.69, 9.17) is 11.6 Å². The first-order chi connectivity index (χ1) is 9.06. The third-order valence-electron chi connectivity index (χ3n) is 3.07. The normalized spacial score (nSPS) is 11.2. The highest BCUT2D eigenvalue weighted by Crippen LogP contribution is 2.28. The molecule has 3 nitrogen and oxygen atoms in total. The minimum absolute atomic E-state index is 0.503. The third-order valence-corrected chi connectivity index (χ3v) is 3.29. The zero-order valence-corrected chi connectivity index (χ0v) is 11.2. The van der Waals surface area contributed by atoms with Crippen LogP contribution in [0.4, 0.5) is 4.39 Å². The van der Waals surface area contributed by atoms with Crippen LogP contribution in [0.5, 0.6) is 0 Å². The molecule has 0 fully saturated rings. The molecule has 0 atom stereocenters. The molecular formula is C14H11ClFN3. The van der Waals surface area contributed by atoms with Crippen LogP contribution < -0.4 is 0 Å². The average Bonchev–Trinajstić information content (AvgIpc) is 2.68. The van der Waals surface area contributed by atoms with Crippen LogP contribution in [-0.2, 0) is 0 Å². The lowest BCUT2D eigenvalue weighted by Gasteiger charge is -2.05. The summed E-state index contributed by atoms with van der Waals surface area (Å²) in [6.45, 7) is 3.90. The van der Waals surface area contributed by atoms with Crippen molar-refractivity contribution in [2.24, 2.45) is 0 Å². The number of aromatic nitrogens is 3. The first kappa shape index (κ1) is 12.1. The molecule has 0 unspecified atom stereocenters. The topological polar surface area (TPSA) is 30.7 Å². The maximum atomic E-state index is 12.9. The molecule has 3 aromatic rings. The van der Waals surface area contributed by atoms with Crippen molar-refractivity contribution in [1.29, 1.82) is 0 Å². The summed E-state index contributed by atoms with van der Waals surface area (Å²) in [7, 11) is 0. The van der Waals surface area contributed by atoms with Crippen molar-refractivity contribution in [3.05, 3.63) is 52.7 Å². The standard InChI is InChI=1S/C14H11ClFN3/c1-8-5-10(15)6-12-9(2)18-19(14(8)12)11-3-4-13(16)17-7-11/h3-7H,1-2H3. The van der Waals surface area contributed by atoms with E-state index in [1.165, 1.54) is 12.3 Å². The van der Waals surface area contributed by atoms with Crippen LogP contribution in [0.1, 0.15) is 11.3 Å². The summed E-state index contributed by atoms with van der Waals surface area (Å²) < 4.78 is 14.7. The van der Waals surface area contributed by atoms with Gasteiger partial charge in [-0.05, 0) is 43.7 Å². The third kappa shape index (κ3) is 1.98. The van der Waals surface area contributed by atoms with Gasteiger partial charge < -0.3 is 0 Å². The number of benzene rings is 1.